The standard InChI is InChI=1S/C16H24N2O2/c1-12(2)9-11-18(13-6-3-4-7-13)15-14(16(19)20)8-5-10-17-15/h5,8,10,12-13H,3-4,6-7,9,11H2,1-2H3,(H,19,20). The van der Waals surface area contributed by atoms with Crippen LogP contribution in [0.3, 0.4) is 0 Å². The minimum absolute atomic E-state index is 0.322. The van der Waals surface area contributed by atoms with Gasteiger partial charge < -0.3 is 10.0 Å². The molecule has 1 N–H and O–H groups in total. The lowest BCUT2D eigenvalue weighted by Crippen LogP contribution is -2.36. The van der Waals surface area contributed by atoms with Crippen LogP contribution < -0.4 is 4.90 Å². The molecule has 0 aromatic carbocycles. The molecule has 1 aliphatic carbocycles. The molecular weight excluding hydrogens is 252 g/mol. The summed E-state index contributed by atoms with van der Waals surface area (Å²) >= 11 is 0. The molecule has 1 saturated carbocycles. The molecule has 0 atom stereocenters. The molecule has 1 aliphatic rings. The van der Waals surface area contributed by atoms with Gasteiger partial charge in [-0.3, -0.25) is 0 Å². The first-order valence-corrected chi connectivity index (χ1v) is 7.54. The summed E-state index contributed by atoms with van der Waals surface area (Å²) in [6, 6.07) is 3.80. The summed E-state index contributed by atoms with van der Waals surface area (Å²) in [7, 11) is 0. The van der Waals surface area contributed by atoms with Crippen LogP contribution in [0.2, 0.25) is 0 Å². The van der Waals surface area contributed by atoms with Gasteiger partial charge in [-0.05, 0) is 37.3 Å². The van der Waals surface area contributed by atoms with E-state index in [1.54, 1.807) is 18.3 Å². The van der Waals surface area contributed by atoms with Crippen molar-refractivity contribution in [2.45, 2.75) is 52.0 Å². The molecule has 4 nitrogen and oxygen atoms in total. The maximum absolute atomic E-state index is 11.4. The summed E-state index contributed by atoms with van der Waals surface area (Å²) in [5, 5.41) is 9.37. The highest BCUT2D eigenvalue weighted by Crippen LogP contribution is 2.29. The Hall–Kier alpha value is -1.58. The Labute approximate surface area is 120 Å². The molecule has 1 heterocycles. The van der Waals surface area contributed by atoms with E-state index in [-0.39, 0.29) is 0 Å². The van der Waals surface area contributed by atoms with Crippen LogP contribution in [0, 0.1) is 5.92 Å². The first kappa shape index (κ1) is 14.8. The highest BCUT2D eigenvalue weighted by atomic mass is 16.4. The third-order valence-electron chi connectivity index (χ3n) is 4.00. The number of aromatic carboxylic acids is 1. The lowest BCUT2D eigenvalue weighted by Gasteiger charge is -2.31. The van der Waals surface area contributed by atoms with Crippen LogP contribution in [0.4, 0.5) is 5.82 Å². The first-order chi connectivity index (χ1) is 9.59. The Morgan fingerprint density at radius 1 is 1.45 bits per heavy atom. The topological polar surface area (TPSA) is 53.4 Å². The van der Waals surface area contributed by atoms with E-state index in [2.05, 4.69) is 23.7 Å². The number of hydrogen-bond donors (Lipinski definition) is 1. The number of aromatic nitrogens is 1. The zero-order valence-corrected chi connectivity index (χ0v) is 12.4. The first-order valence-electron chi connectivity index (χ1n) is 7.54. The van der Waals surface area contributed by atoms with Gasteiger partial charge in [0, 0.05) is 18.8 Å². The van der Waals surface area contributed by atoms with E-state index in [4.69, 9.17) is 0 Å². The molecule has 0 amide bonds. The number of carboxylic acid groups (broad SMARTS) is 1. The SMILES string of the molecule is CC(C)CCN(c1ncccc1C(=O)O)C1CCCC1. The third kappa shape index (κ3) is 3.50. The molecular formula is C16H24N2O2. The Kier molecular flexibility index (Phi) is 4.99. The number of carbonyl (C=O) groups is 1. The van der Waals surface area contributed by atoms with Crippen LogP contribution in [-0.4, -0.2) is 28.6 Å². The molecule has 0 saturated heterocycles. The molecule has 1 aromatic heterocycles. The molecule has 1 fully saturated rings. The number of carboxylic acids is 1. The predicted octanol–water partition coefficient (Wildman–Crippen LogP) is 3.57. The second kappa shape index (κ2) is 6.73. The summed E-state index contributed by atoms with van der Waals surface area (Å²) in [4.78, 5) is 18.0. The van der Waals surface area contributed by atoms with E-state index in [1.807, 2.05) is 0 Å². The van der Waals surface area contributed by atoms with Gasteiger partial charge in [-0.2, -0.15) is 0 Å². The molecule has 0 spiro atoms. The smallest absolute Gasteiger partial charge is 0.339 e. The van der Waals surface area contributed by atoms with Gasteiger partial charge in [0.2, 0.25) is 0 Å². The monoisotopic (exact) mass is 276 g/mol. The number of nitrogens with zero attached hydrogens (tertiary/aromatic N) is 2. The Bertz CT molecular complexity index is 454. The van der Waals surface area contributed by atoms with E-state index in [9.17, 15) is 9.90 Å². The summed E-state index contributed by atoms with van der Waals surface area (Å²) in [6.07, 6.45) is 7.52. The number of pyridine rings is 1. The van der Waals surface area contributed by atoms with Crippen LogP contribution in [-0.2, 0) is 0 Å². The normalized spacial score (nSPS) is 15.8. The van der Waals surface area contributed by atoms with Gasteiger partial charge in [0.1, 0.15) is 11.4 Å². The van der Waals surface area contributed by atoms with Crippen molar-refractivity contribution in [1.29, 1.82) is 0 Å². The van der Waals surface area contributed by atoms with Gasteiger partial charge in [0.05, 0.1) is 0 Å². The van der Waals surface area contributed by atoms with E-state index < -0.39 is 5.97 Å². The van der Waals surface area contributed by atoms with Gasteiger partial charge in [-0.25, -0.2) is 9.78 Å². The van der Waals surface area contributed by atoms with Crippen molar-refractivity contribution in [3.05, 3.63) is 23.9 Å². The highest BCUT2D eigenvalue weighted by Gasteiger charge is 2.26. The van der Waals surface area contributed by atoms with Gasteiger partial charge in [-0.1, -0.05) is 26.7 Å². The molecule has 0 aliphatic heterocycles. The number of anilines is 1. The predicted molar refractivity (Wildman–Crippen MR) is 80.3 cm³/mol. The Balaban J connectivity index is 2.27. The average molecular weight is 276 g/mol. The summed E-state index contributed by atoms with van der Waals surface area (Å²) in [5.74, 6) is 0.365. The quantitative estimate of drug-likeness (QED) is 0.863. The minimum atomic E-state index is -0.888. The maximum atomic E-state index is 11.4. The molecule has 0 unspecified atom stereocenters. The van der Waals surface area contributed by atoms with E-state index in [0.717, 1.165) is 25.8 Å². The van der Waals surface area contributed by atoms with Crippen LogP contribution in [0.5, 0.6) is 0 Å². The second-order valence-electron chi connectivity index (χ2n) is 5.99. The van der Waals surface area contributed by atoms with E-state index in [0.29, 0.717) is 23.3 Å². The molecule has 0 bridgehead atoms. The lowest BCUT2D eigenvalue weighted by molar-refractivity contribution is 0.0697. The van der Waals surface area contributed by atoms with Crippen LogP contribution in [0.25, 0.3) is 0 Å². The van der Waals surface area contributed by atoms with Crippen molar-refractivity contribution in [2.75, 3.05) is 11.4 Å². The van der Waals surface area contributed by atoms with Crippen molar-refractivity contribution in [2.24, 2.45) is 5.92 Å². The molecule has 20 heavy (non-hydrogen) atoms. The minimum Gasteiger partial charge on any atom is -0.478 e. The van der Waals surface area contributed by atoms with E-state index in [1.165, 1.54) is 12.8 Å². The number of hydrogen-bond acceptors (Lipinski definition) is 3. The fourth-order valence-corrected chi connectivity index (χ4v) is 2.87. The highest BCUT2D eigenvalue weighted by molar-refractivity contribution is 5.93. The maximum Gasteiger partial charge on any atom is 0.339 e. The molecule has 2 rings (SSSR count). The van der Waals surface area contributed by atoms with Crippen molar-refractivity contribution < 1.29 is 9.90 Å². The van der Waals surface area contributed by atoms with Crippen molar-refractivity contribution >= 4 is 11.8 Å². The van der Waals surface area contributed by atoms with Crippen LogP contribution >= 0.6 is 0 Å². The number of rotatable bonds is 6. The van der Waals surface area contributed by atoms with Crippen molar-refractivity contribution in [1.82, 2.24) is 4.98 Å². The van der Waals surface area contributed by atoms with Gasteiger partial charge >= 0.3 is 5.97 Å². The largest absolute Gasteiger partial charge is 0.478 e. The summed E-state index contributed by atoms with van der Waals surface area (Å²) in [5.41, 5.74) is 0.322. The van der Waals surface area contributed by atoms with Crippen LogP contribution in [0.15, 0.2) is 18.3 Å². The average Bonchev–Trinajstić information content (AvgIpc) is 2.93. The third-order valence-corrected chi connectivity index (χ3v) is 4.00. The Morgan fingerprint density at radius 2 is 2.15 bits per heavy atom. The van der Waals surface area contributed by atoms with Crippen molar-refractivity contribution in [3.63, 3.8) is 0 Å². The summed E-state index contributed by atoms with van der Waals surface area (Å²) < 4.78 is 0. The van der Waals surface area contributed by atoms with Gasteiger partial charge in [-0.15, -0.1) is 0 Å². The zero-order chi connectivity index (χ0) is 14.5. The fourth-order valence-electron chi connectivity index (χ4n) is 2.87. The van der Waals surface area contributed by atoms with Gasteiger partial charge in [0.25, 0.3) is 0 Å². The molecule has 1 aromatic rings. The van der Waals surface area contributed by atoms with Gasteiger partial charge in [0.15, 0.2) is 0 Å². The molecule has 4 heteroatoms. The van der Waals surface area contributed by atoms with Crippen LogP contribution in [0.1, 0.15) is 56.3 Å². The fraction of sp³-hybridized carbons (Fsp3) is 0.625. The van der Waals surface area contributed by atoms with Crippen molar-refractivity contribution in [3.8, 4) is 0 Å². The molecule has 110 valence electrons. The summed E-state index contributed by atoms with van der Waals surface area (Å²) in [6.45, 7) is 5.28. The Morgan fingerprint density at radius 3 is 2.75 bits per heavy atom. The van der Waals surface area contributed by atoms with E-state index >= 15 is 0 Å². The lowest BCUT2D eigenvalue weighted by atomic mass is 10.1. The zero-order valence-electron chi connectivity index (χ0n) is 12.4. The molecule has 0 radical (unpaired) electrons. The second-order valence-corrected chi connectivity index (χ2v) is 5.99.